The van der Waals surface area contributed by atoms with Gasteiger partial charge in [0.1, 0.15) is 0 Å². The van der Waals surface area contributed by atoms with Crippen LogP contribution < -0.4 is 5.69 Å². The molecule has 1 N–H and O–H groups in total. The van der Waals surface area contributed by atoms with Gasteiger partial charge in [0, 0.05) is 23.1 Å². The molecule has 6 heteroatoms. The molecule has 0 aliphatic heterocycles. The van der Waals surface area contributed by atoms with Crippen LogP contribution in [0, 0.1) is 0 Å². The normalized spacial score (nSPS) is 12.4. The summed E-state index contributed by atoms with van der Waals surface area (Å²) >= 11 is 1.76. The van der Waals surface area contributed by atoms with Crippen LogP contribution in [-0.2, 0) is 30.6 Å². The Morgan fingerprint density at radius 1 is 1.38 bits per heavy atom. The maximum Gasteiger partial charge on any atom is 0.347 e. The molecule has 1 aromatic heterocycles. The average molecular weight is 312 g/mol. The van der Waals surface area contributed by atoms with Crippen molar-refractivity contribution >= 4 is 17.7 Å². The number of aryl methyl sites for hydroxylation is 1. The van der Waals surface area contributed by atoms with E-state index in [1.807, 2.05) is 20.1 Å². The van der Waals surface area contributed by atoms with E-state index in [1.54, 1.807) is 16.3 Å². The molecular formula is C15H24N2O3S. The molecule has 0 fully saturated rings. The molecule has 0 aliphatic rings. The summed E-state index contributed by atoms with van der Waals surface area (Å²) in [6.45, 7) is 6.56. The van der Waals surface area contributed by atoms with Crippen LogP contribution in [-0.4, -0.2) is 32.1 Å². The lowest BCUT2D eigenvalue weighted by Gasteiger charge is -2.18. The number of aliphatic carboxylic acids is 1. The van der Waals surface area contributed by atoms with E-state index in [0.29, 0.717) is 35.9 Å². The van der Waals surface area contributed by atoms with Crippen molar-refractivity contribution in [3.05, 3.63) is 27.4 Å². The number of carboxylic acids is 1. The lowest BCUT2D eigenvalue weighted by molar-refractivity contribution is -0.136. The third kappa shape index (κ3) is 4.59. The molecule has 5 nitrogen and oxygen atoms in total. The van der Waals surface area contributed by atoms with Gasteiger partial charge in [-0.25, -0.2) is 4.79 Å². The van der Waals surface area contributed by atoms with Crippen molar-refractivity contribution in [2.75, 3.05) is 6.26 Å². The minimum Gasteiger partial charge on any atom is -0.481 e. The molecule has 0 radical (unpaired) electrons. The summed E-state index contributed by atoms with van der Waals surface area (Å²) in [6.07, 6.45) is 4.06. The lowest BCUT2D eigenvalue weighted by Crippen LogP contribution is -2.31. The molecule has 0 aromatic carbocycles. The molecule has 0 amide bonds. The lowest BCUT2D eigenvalue weighted by atomic mass is 10.0. The third-order valence-electron chi connectivity index (χ3n) is 3.64. The first-order valence-corrected chi connectivity index (χ1v) is 8.59. The molecule has 0 bridgehead atoms. The van der Waals surface area contributed by atoms with Crippen LogP contribution in [0.3, 0.4) is 0 Å². The smallest absolute Gasteiger partial charge is 0.347 e. The van der Waals surface area contributed by atoms with E-state index < -0.39 is 5.97 Å². The molecule has 0 saturated carbocycles. The predicted octanol–water partition coefficient (Wildman–Crippen LogP) is 2.14. The number of thioether (sulfide) groups is 1. The highest BCUT2D eigenvalue weighted by Crippen LogP contribution is 2.16. The Morgan fingerprint density at radius 3 is 2.52 bits per heavy atom. The van der Waals surface area contributed by atoms with E-state index in [0.717, 1.165) is 12.1 Å². The fourth-order valence-corrected chi connectivity index (χ4v) is 2.74. The average Bonchev–Trinajstić information content (AvgIpc) is 2.45. The van der Waals surface area contributed by atoms with Crippen molar-refractivity contribution < 1.29 is 9.90 Å². The van der Waals surface area contributed by atoms with E-state index in [1.165, 1.54) is 0 Å². The van der Waals surface area contributed by atoms with Crippen LogP contribution in [0.5, 0.6) is 0 Å². The van der Waals surface area contributed by atoms with Crippen molar-refractivity contribution in [2.45, 2.75) is 58.2 Å². The molecule has 0 saturated heterocycles. The number of carboxylic acid groups (broad SMARTS) is 1. The zero-order valence-electron chi connectivity index (χ0n) is 13.2. The molecule has 1 rings (SSSR count). The molecule has 1 heterocycles. The summed E-state index contributed by atoms with van der Waals surface area (Å²) in [4.78, 5) is 27.4. The fraction of sp³-hybridized carbons (Fsp3) is 0.667. The highest BCUT2D eigenvalue weighted by molar-refractivity contribution is 7.99. The van der Waals surface area contributed by atoms with Gasteiger partial charge in [0.25, 0.3) is 0 Å². The Morgan fingerprint density at radius 2 is 2.05 bits per heavy atom. The standard InChI is InChI=1S/C15H24N2O3S/c1-5-12-11(9-14(18)19)13(6-2)17(15(20)16-12)8-7-10(3)21-4/h10H,5-9H2,1-4H3,(H,18,19). The second-order valence-corrected chi connectivity index (χ2v) is 6.31. The highest BCUT2D eigenvalue weighted by Gasteiger charge is 2.17. The molecule has 0 spiro atoms. The van der Waals surface area contributed by atoms with Gasteiger partial charge in [0.15, 0.2) is 0 Å². The van der Waals surface area contributed by atoms with Gasteiger partial charge >= 0.3 is 11.7 Å². The van der Waals surface area contributed by atoms with E-state index in [2.05, 4.69) is 11.9 Å². The van der Waals surface area contributed by atoms with Crippen LogP contribution in [0.15, 0.2) is 4.79 Å². The first-order chi connectivity index (χ1) is 9.94. The Hall–Kier alpha value is -1.30. The highest BCUT2D eigenvalue weighted by atomic mass is 32.2. The number of hydrogen-bond acceptors (Lipinski definition) is 4. The monoisotopic (exact) mass is 312 g/mol. The summed E-state index contributed by atoms with van der Waals surface area (Å²) in [5.41, 5.74) is 1.89. The largest absolute Gasteiger partial charge is 0.481 e. The topological polar surface area (TPSA) is 72.2 Å². The maximum atomic E-state index is 12.2. The number of rotatable bonds is 8. The summed E-state index contributed by atoms with van der Waals surface area (Å²) in [5, 5.41) is 9.56. The minimum atomic E-state index is -0.885. The molecule has 118 valence electrons. The fourth-order valence-electron chi connectivity index (χ4n) is 2.40. The predicted molar refractivity (Wildman–Crippen MR) is 86.2 cm³/mol. The molecule has 21 heavy (non-hydrogen) atoms. The molecule has 1 atom stereocenters. The van der Waals surface area contributed by atoms with Crippen LogP contribution in [0.4, 0.5) is 0 Å². The minimum absolute atomic E-state index is 0.0717. The SMILES string of the molecule is CCc1nc(=O)n(CCC(C)SC)c(CC)c1CC(=O)O. The summed E-state index contributed by atoms with van der Waals surface area (Å²) < 4.78 is 1.66. The van der Waals surface area contributed by atoms with Gasteiger partial charge in [-0.05, 0) is 25.5 Å². The molecule has 1 aromatic rings. The van der Waals surface area contributed by atoms with E-state index in [-0.39, 0.29) is 12.1 Å². The summed E-state index contributed by atoms with van der Waals surface area (Å²) in [6, 6.07) is 0. The zero-order valence-corrected chi connectivity index (χ0v) is 14.0. The van der Waals surface area contributed by atoms with Crippen molar-refractivity contribution in [1.82, 2.24) is 9.55 Å². The Bertz CT molecular complexity index is 555. The van der Waals surface area contributed by atoms with E-state index in [9.17, 15) is 9.59 Å². The first kappa shape index (κ1) is 17.8. The van der Waals surface area contributed by atoms with Crippen molar-refractivity contribution in [1.29, 1.82) is 0 Å². The second kappa shape index (κ2) is 8.22. The van der Waals surface area contributed by atoms with Crippen molar-refractivity contribution in [3.63, 3.8) is 0 Å². The number of aromatic nitrogens is 2. The molecule has 0 aliphatic carbocycles. The van der Waals surface area contributed by atoms with E-state index >= 15 is 0 Å². The van der Waals surface area contributed by atoms with Gasteiger partial charge in [0.2, 0.25) is 0 Å². The van der Waals surface area contributed by atoms with Crippen LogP contribution >= 0.6 is 11.8 Å². The number of hydrogen-bond donors (Lipinski definition) is 1. The summed E-state index contributed by atoms with van der Waals surface area (Å²) in [7, 11) is 0. The van der Waals surface area contributed by atoms with Crippen LogP contribution in [0.1, 0.15) is 44.1 Å². The van der Waals surface area contributed by atoms with Crippen molar-refractivity contribution in [2.24, 2.45) is 0 Å². The van der Waals surface area contributed by atoms with Gasteiger partial charge < -0.3 is 5.11 Å². The van der Waals surface area contributed by atoms with Crippen molar-refractivity contribution in [3.8, 4) is 0 Å². The summed E-state index contributed by atoms with van der Waals surface area (Å²) in [5.74, 6) is -0.885. The van der Waals surface area contributed by atoms with Gasteiger partial charge in [-0.3, -0.25) is 9.36 Å². The number of carbonyl (C=O) groups is 1. The Balaban J connectivity index is 3.29. The first-order valence-electron chi connectivity index (χ1n) is 7.30. The maximum absolute atomic E-state index is 12.2. The molecule has 1 unspecified atom stereocenters. The third-order valence-corrected chi connectivity index (χ3v) is 4.68. The zero-order chi connectivity index (χ0) is 16.0. The Kier molecular flexibility index (Phi) is 6.95. The van der Waals surface area contributed by atoms with Gasteiger partial charge in [-0.2, -0.15) is 16.7 Å². The van der Waals surface area contributed by atoms with Crippen LogP contribution in [0.25, 0.3) is 0 Å². The quantitative estimate of drug-likeness (QED) is 0.796. The van der Waals surface area contributed by atoms with Gasteiger partial charge in [-0.1, -0.05) is 20.8 Å². The molecular weight excluding hydrogens is 288 g/mol. The van der Waals surface area contributed by atoms with Crippen LogP contribution in [0.2, 0.25) is 0 Å². The Labute approximate surface area is 129 Å². The van der Waals surface area contributed by atoms with Gasteiger partial charge in [-0.15, -0.1) is 0 Å². The van der Waals surface area contributed by atoms with Gasteiger partial charge in [0.05, 0.1) is 12.1 Å². The number of nitrogens with zero attached hydrogens (tertiary/aromatic N) is 2. The van der Waals surface area contributed by atoms with E-state index in [4.69, 9.17) is 5.11 Å². The second-order valence-electron chi connectivity index (χ2n) is 5.03.